The Hall–Kier alpha value is -3.04. The summed E-state index contributed by atoms with van der Waals surface area (Å²) >= 11 is 0. The average Bonchev–Trinajstić information content (AvgIpc) is 2.65. The van der Waals surface area contributed by atoms with Crippen LogP contribution in [0.5, 0.6) is 0 Å². The van der Waals surface area contributed by atoms with Crippen molar-refractivity contribution in [3.05, 3.63) is 70.8 Å². The van der Waals surface area contributed by atoms with Gasteiger partial charge in [0.05, 0.1) is 22.1 Å². The molecule has 1 heterocycles. The molecular formula is C18H18N4O4S. The second-order valence-corrected chi connectivity index (χ2v) is 7.54. The minimum atomic E-state index is -3.74. The minimum absolute atomic E-state index is 0.0146. The largest absolute Gasteiger partial charge is 0.352 e. The zero-order valence-electron chi connectivity index (χ0n) is 14.3. The summed E-state index contributed by atoms with van der Waals surface area (Å²) in [6, 6.07) is 13.0. The van der Waals surface area contributed by atoms with Crippen LogP contribution in [0.15, 0.2) is 64.5 Å². The molecule has 9 heteroatoms. The SMILES string of the molecule is NS(=O)(=O)c1ccc(CNC(=O)CCn2cnc3ccccc3c2=O)cc1. The lowest BCUT2D eigenvalue weighted by Gasteiger charge is -2.08. The molecule has 8 nitrogen and oxygen atoms in total. The number of sulfonamides is 1. The fourth-order valence-electron chi connectivity index (χ4n) is 2.57. The molecule has 0 aliphatic heterocycles. The van der Waals surface area contributed by atoms with Gasteiger partial charge in [-0.3, -0.25) is 14.2 Å². The van der Waals surface area contributed by atoms with E-state index >= 15 is 0 Å². The molecule has 2 aromatic carbocycles. The first-order chi connectivity index (χ1) is 12.8. The van der Waals surface area contributed by atoms with E-state index < -0.39 is 10.0 Å². The molecular weight excluding hydrogens is 368 g/mol. The van der Waals surface area contributed by atoms with Crippen LogP contribution in [0.4, 0.5) is 0 Å². The number of aromatic nitrogens is 2. The molecule has 0 saturated carbocycles. The third kappa shape index (κ3) is 4.57. The van der Waals surface area contributed by atoms with E-state index in [1.165, 1.54) is 23.0 Å². The van der Waals surface area contributed by atoms with Gasteiger partial charge in [0.15, 0.2) is 0 Å². The molecule has 1 amide bonds. The Bertz CT molecular complexity index is 1140. The number of carbonyl (C=O) groups is 1. The van der Waals surface area contributed by atoms with E-state index in [0.717, 1.165) is 5.56 Å². The summed E-state index contributed by atoms with van der Waals surface area (Å²) in [6.07, 6.45) is 1.55. The molecule has 0 aliphatic carbocycles. The van der Waals surface area contributed by atoms with Crippen molar-refractivity contribution < 1.29 is 13.2 Å². The molecule has 0 bridgehead atoms. The number of rotatable bonds is 6. The smallest absolute Gasteiger partial charge is 0.261 e. The van der Waals surface area contributed by atoms with E-state index in [0.29, 0.717) is 10.9 Å². The first-order valence-corrected chi connectivity index (χ1v) is 9.72. The number of primary sulfonamides is 1. The number of nitrogens with one attached hydrogen (secondary N) is 1. The monoisotopic (exact) mass is 386 g/mol. The fourth-order valence-corrected chi connectivity index (χ4v) is 3.09. The Morgan fingerprint density at radius 3 is 2.52 bits per heavy atom. The van der Waals surface area contributed by atoms with Gasteiger partial charge >= 0.3 is 0 Å². The molecule has 27 heavy (non-hydrogen) atoms. The zero-order chi connectivity index (χ0) is 19.4. The van der Waals surface area contributed by atoms with Crippen molar-refractivity contribution >= 4 is 26.8 Å². The third-order valence-corrected chi connectivity index (χ3v) is 4.98. The van der Waals surface area contributed by atoms with Crippen molar-refractivity contribution in [2.75, 3.05) is 0 Å². The van der Waals surface area contributed by atoms with Crippen LogP contribution in [0.1, 0.15) is 12.0 Å². The highest BCUT2D eigenvalue weighted by Gasteiger charge is 2.08. The van der Waals surface area contributed by atoms with Crippen LogP contribution in [-0.2, 0) is 27.9 Å². The summed E-state index contributed by atoms with van der Waals surface area (Å²) < 4.78 is 23.8. The van der Waals surface area contributed by atoms with Crippen molar-refractivity contribution in [1.82, 2.24) is 14.9 Å². The van der Waals surface area contributed by atoms with E-state index in [9.17, 15) is 18.0 Å². The number of carbonyl (C=O) groups excluding carboxylic acids is 1. The van der Waals surface area contributed by atoms with Gasteiger partial charge in [0.1, 0.15) is 0 Å². The van der Waals surface area contributed by atoms with Gasteiger partial charge in [0.25, 0.3) is 5.56 Å². The summed E-state index contributed by atoms with van der Waals surface area (Å²) in [6.45, 7) is 0.460. The molecule has 0 radical (unpaired) electrons. The molecule has 140 valence electrons. The van der Waals surface area contributed by atoms with Gasteiger partial charge in [0, 0.05) is 19.5 Å². The summed E-state index contributed by atoms with van der Waals surface area (Å²) in [5.74, 6) is -0.231. The Balaban J connectivity index is 1.57. The quantitative estimate of drug-likeness (QED) is 0.647. The number of hydrogen-bond acceptors (Lipinski definition) is 5. The number of hydrogen-bond donors (Lipinski definition) is 2. The molecule has 1 aromatic heterocycles. The summed E-state index contributed by atoms with van der Waals surface area (Å²) in [7, 11) is -3.74. The van der Waals surface area contributed by atoms with E-state index in [4.69, 9.17) is 5.14 Å². The van der Waals surface area contributed by atoms with Crippen LogP contribution in [0, 0.1) is 0 Å². The first-order valence-electron chi connectivity index (χ1n) is 8.17. The predicted octanol–water partition coefficient (Wildman–Crippen LogP) is 0.750. The van der Waals surface area contributed by atoms with E-state index in [2.05, 4.69) is 10.3 Å². The zero-order valence-corrected chi connectivity index (χ0v) is 15.1. The summed E-state index contributed by atoms with van der Waals surface area (Å²) in [4.78, 5) is 28.6. The fraction of sp³-hybridized carbons (Fsp3) is 0.167. The average molecular weight is 386 g/mol. The van der Waals surface area contributed by atoms with Gasteiger partial charge in [-0.25, -0.2) is 18.5 Å². The van der Waals surface area contributed by atoms with Crippen molar-refractivity contribution in [1.29, 1.82) is 0 Å². The lowest BCUT2D eigenvalue weighted by atomic mass is 10.2. The topological polar surface area (TPSA) is 124 Å². The Kier molecular flexibility index (Phi) is 5.33. The van der Waals surface area contributed by atoms with Crippen LogP contribution in [-0.4, -0.2) is 23.9 Å². The molecule has 0 unspecified atom stereocenters. The number of para-hydroxylation sites is 1. The minimum Gasteiger partial charge on any atom is -0.352 e. The molecule has 3 rings (SSSR count). The van der Waals surface area contributed by atoms with Crippen LogP contribution >= 0.6 is 0 Å². The highest BCUT2D eigenvalue weighted by Crippen LogP contribution is 2.09. The predicted molar refractivity (Wildman–Crippen MR) is 100 cm³/mol. The number of nitrogens with zero attached hydrogens (tertiary/aromatic N) is 2. The number of fused-ring (bicyclic) bond motifs is 1. The van der Waals surface area contributed by atoms with Crippen molar-refractivity contribution in [2.45, 2.75) is 24.4 Å². The summed E-state index contributed by atoms with van der Waals surface area (Å²) in [5, 5.41) is 8.28. The Morgan fingerprint density at radius 2 is 1.81 bits per heavy atom. The van der Waals surface area contributed by atoms with Gasteiger partial charge in [0.2, 0.25) is 15.9 Å². The summed E-state index contributed by atoms with van der Waals surface area (Å²) in [5.41, 5.74) is 1.17. The van der Waals surface area contributed by atoms with Crippen LogP contribution in [0.2, 0.25) is 0 Å². The lowest BCUT2D eigenvalue weighted by Crippen LogP contribution is -2.27. The number of amides is 1. The first kappa shape index (κ1) is 18.7. The third-order valence-electron chi connectivity index (χ3n) is 4.05. The lowest BCUT2D eigenvalue weighted by molar-refractivity contribution is -0.121. The van der Waals surface area contributed by atoms with Gasteiger partial charge in [-0.2, -0.15) is 0 Å². The van der Waals surface area contributed by atoms with Crippen molar-refractivity contribution in [3.63, 3.8) is 0 Å². The van der Waals surface area contributed by atoms with Crippen molar-refractivity contribution in [3.8, 4) is 0 Å². The molecule has 0 fully saturated rings. The Labute approximate surface area is 155 Å². The van der Waals surface area contributed by atoms with E-state index in [1.54, 1.807) is 30.3 Å². The van der Waals surface area contributed by atoms with Gasteiger partial charge in [-0.15, -0.1) is 0 Å². The highest BCUT2D eigenvalue weighted by atomic mass is 32.2. The van der Waals surface area contributed by atoms with Gasteiger partial charge in [-0.1, -0.05) is 24.3 Å². The van der Waals surface area contributed by atoms with E-state index in [1.807, 2.05) is 6.07 Å². The van der Waals surface area contributed by atoms with E-state index in [-0.39, 0.29) is 35.9 Å². The normalized spacial score (nSPS) is 11.4. The second-order valence-electron chi connectivity index (χ2n) is 5.98. The number of nitrogens with two attached hydrogens (primary N) is 1. The van der Waals surface area contributed by atoms with Gasteiger partial charge in [-0.05, 0) is 29.8 Å². The molecule has 0 atom stereocenters. The van der Waals surface area contributed by atoms with Crippen LogP contribution in [0.25, 0.3) is 10.9 Å². The number of benzene rings is 2. The van der Waals surface area contributed by atoms with Crippen LogP contribution in [0.3, 0.4) is 0 Å². The Morgan fingerprint density at radius 1 is 1.11 bits per heavy atom. The number of aryl methyl sites for hydroxylation is 1. The maximum Gasteiger partial charge on any atom is 0.261 e. The molecule has 0 aliphatic rings. The molecule has 3 N–H and O–H groups in total. The molecule has 3 aromatic rings. The molecule has 0 saturated heterocycles. The van der Waals surface area contributed by atoms with Crippen molar-refractivity contribution in [2.24, 2.45) is 5.14 Å². The highest BCUT2D eigenvalue weighted by molar-refractivity contribution is 7.89. The molecule has 0 spiro atoms. The van der Waals surface area contributed by atoms with Crippen LogP contribution < -0.4 is 16.0 Å². The van der Waals surface area contributed by atoms with Gasteiger partial charge < -0.3 is 5.32 Å². The maximum atomic E-state index is 12.4. The maximum absolute atomic E-state index is 12.4. The second kappa shape index (κ2) is 7.68. The standard InChI is InChI=1S/C18H18N4O4S/c19-27(25,26)14-7-5-13(6-8-14)11-20-17(23)9-10-22-12-21-16-4-2-1-3-15(16)18(22)24/h1-8,12H,9-11H2,(H,20,23)(H2,19,25,26).